The minimum Gasteiger partial charge on any atom is -0.486 e. The number of morpholine rings is 1. The lowest BCUT2D eigenvalue weighted by Gasteiger charge is -2.43. The summed E-state index contributed by atoms with van der Waals surface area (Å²) in [6.45, 7) is 12.6. The molecule has 7 heterocycles. The van der Waals surface area contributed by atoms with Gasteiger partial charge in [0.1, 0.15) is 48.1 Å². The van der Waals surface area contributed by atoms with E-state index in [4.69, 9.17) is 28.9 Å². The molecule has 2 unspecified atom stereocenters. The van der Waals surface area contributed by atoms with E-state index in [1.165, 1.54) is 15.6 Å². The third-order valence-corrected chi connectivity index (χ3v) is 16.6. The number of H-pyrrole nitrogens is 1. The molecule has 3 aliphatic heterocycles. The Morgan fingerprint density at radius 1 is 0.940 bits per heavy atom. The highest BCUT2D eigenvalue weighted by Crippen LogP contribution is 2.53. The van der Waals surface area contributed by atoms with Crippen LogP contribution in [0.25, 0.3) is 55.4 Å². The van der Waals surface area contributed by atoms with Crippen molar-refractivity contribution in [3.8, 4) is 45.4 Å². The van der Waals surface area contributed by atoms with Gasteiger partial charge in [-0.05, 0) is 91.5 Å². The molecule has 4 aliphatic rings. The van der Waals surface area contributed by atoms with Crippen LogP contribution in [0.2, 0.25) is 0 Å². The first-order valence-electron chi connectivity index (χ1n) is 28.7. The molecule has 22 heteroatoms. The van der Waals surface area contributed by atoms with Crippen molar-refractivity contribution in [2.45, 2.75) is 115 Å². The average molecular weight is 1130 g/mol. The summed E-state index contributed by atoms with van der Waals surface area (Å²) >= 11 is 0. The predicted molar refractivity (Wildman–Crippen MR) is 308 cm³/mol. The minimum absolute atomic E-state index is 0.0350. The van der Waals surface area contributed by atoms with E-state index in [2.05, 4.69) is 47.2 Å². The number of methoxy groups -OCH3 is 1. The van der Waals surface area contributed by atoms with Crippen molar-refractivity contribution in [1.82, 2.24) is 60.5 Å². The maximum absolute atomic E-state index is 16.2. The van der Waals surface area contributed by atoms with Crippen molar-refractivity contribution in [2.24, 2.45) is 5.92 Å². The number of fused-ring (bicyclic) bond motifs is 4. The van der Waals surface area contributed by atoms with Crippen LogP contribution in [-0.4, -0.2) is 155 Å². The molecule has 7 atom stereocenters. The third kappa shape index (κ3) is 11.1. The Morgan fingerprint density at radius 2 is 1.70 bits per heavy atom. The number of aryl methyl sites for hydroxylation is 1. The Kier molecular flexibility index (Phi) is 15.7. The number of rotatable bonds is 20. The second-order valence-corrected chi connectivity index (χ2v) is 22.8. The molecule has 2 bridgehead atoms. The van der Waals surface area contributed by atoms with Crippen molar-refractivity contribution < 1.29 is 43.1 Å². The molecular formula is C61H70FN13O8. The Bertz CT molecular complexity index is 3650. The Labute approximate surface area is 479 Å². The van der Waals surface area contributed by atoms with Crippen LogP contribution in [-0.2, 0) is 32.2 Å². The van der Waals surface area contributed by atoms with E-state index < -0.39 is 30.1 Å². The zero-order chi connectivity index (χ0) is 57.6. The standard InChI is InChI=1S/C61H70FN13O8/c1-7-74-51(18-19-64-74)40-16-14-39(15-17-40)50(28-76)66-59(78)52-20-43(77)26-73(52)60(79)56(33(2)3)75-27-49(70-71-75)38-10-8-36(9-11-38)30-82-57-54(53-35(5)47(62)22-48-46(53)23-63-69-48)44(37-12-13-37)21-45-55(57)67-61(83-29-34(4)80-6)68-58(45)72-24-41-31-81-32-42(25-72)65-41/h8-11,14-19,21-23,27,33-34,37,41-43,50,52,56,65,76-77H,7,12-13,20,24-26,28-32H2,1-6H3,(H,63,69)(H,66,78)/t34-,41?,42?,43+,50-,52-,56-/m0/s1. The second-order valence-electron chi connectivity index (χ2n) is 22.8. The van der Waals surface area contributed by atoms with Crippen LogP contribution in [0, 0.1) is 18.7 Å². The highest BCUT2D eigenvalue weighted by Gasteiger charge is 2.44. The van der Waals surface area contributed by atoms with Crippen LogP contribution in [0.5, 0.6) is 11.8 Å². The lowest BCUT2D eigenvalue weighted by Crippen LogP contribution is -2.63. The molecule has 0 radical (unpaired) electrons. The first-order chi connectivity index (χ1) is 40.3. The topological polar surface area (TPSA) is 245 Å². The normalized spacial score (nSPS) is 20.1. The zero-order valence-corrected chi connectivity index (χ0v) is 47.5. The fourth-order valence-corrected chi connectivity index (χ4v) is 12.0. The van der Waals surface area contributed by atoms with Gasteiger partial charge in [-0.2, -0.15) is 20.2 Å². The van der Waals surface area contributed by atoms with Gasteiger partial charge in [0.2, 0.25) is 11.8 Å². The van der Waals surface area contributed by atoms with Crippen molar-refractivity contribution in [2.75, 3.05) is 58.1 Å². The SMILES string of the molecule is CCn1nccc1-c1ccc([C@H](CO)NC(=O)[C@@H]2C[C@@H](O)CN2C(=O)[C@H](C(C)C)n2cc(-c3ccc(COc4c(-c5c(C)c(F)cc6[nH]ncc56)c(C5CC5)cc5c(N6CC7COCC(C6)N7)nc(OC[C@H](C)OC)nc45)cc3)nn2)cc1. The van der Waals surface area contributed by atoms with Gasteiger partial charge >= 0.3 is 6.01 Å². The number of anilines is 1. The van der Waals surface area contributed by atoms with E-state index in [0.29, 0.717) is 72.0 Å². The van der Waals surface area contributed by atoms with Gasteiger partial charge in [-0.25, -0.2) is 9.07 Å². The van der Waals surface area contributed by atoms with Gasteiger partial charge in [-0.1, -0.05) is 67.6 Å². The van der Waals surface area contributed by atoms with E-state index in [1.54, 1.807) is 32.6 Å². The van der Waals surface area contributed by atoms with Gasteiger partial charge in [0, 0.05) is 85.5 Å². The highest BCUT2D eigenvalue weighted by atomic mass is 19.1. The number of aromatic amines is 1. The fraction of sp³-hybridized carbons (Fsp3) is 0.443. The van der Waals surface area contributed by atoms with E-state index in [0.717, 1.165) is 62.9 Å². The summed E-state index contributed by atoms with van der Waals surface area (Å²) in [7, 11) is 1.63. The third-order valence-electron chi connectivity index (χ3n) is 16.6. The van der Waals surface area contributed by atoms with E-state index in [-0.39, 0.29) is 80.5 Å². The molecule has 4 aromatic heterocycles. The smallest absolute Gasteiger partial charge is 0.319 e. The van der Waals surface area contributed by atoms with Crippen molar-refractivity contribution in [3.05, 3.63) is 113 Å². The number of ether oxygens (including phenoxy) is 4. The number of hydrogen-bond acceptors (Lipinski definition) is 16. The first-order valence-corrected chi connectivity index (χ1v) is 28.7. The molecule has 2 amide bonds. The molecule has 83 heavy (non-hydrogen) atoms. The number of benzene rings is 4. The number of aliphatic hydroxyl groups excluding tert-OH is 2. The van der Waals surface area contributed by atoms with E-state index in [1.807, 2.05) is 87.0 Å². The number of nitrogens with one attached hydrogen (secondary N) is 3. The lowest BCUT2D eigenvalue weighted by molar-refractivity contribution is -0.142. The quantitative estimate of drug-likeness (QED) is 0.0526. The van der Waals surface area contributed by atoms with Gasteiger partial charge in [0.15, 0.2) is 5.75 Å². The van der Waals surface area contributed by atoms with Gasteiger partial charge in [0.05, 0.1) is 61.7 Å². The largest absolute Gasteiger partial charge is 0.486 e. The highest BCUT2D eigenvalue weighted by molar-refractivity contribution is 6.06. The Morgan fingerprint density at radius 3 is 2.41 bits per heavy atom. The number of carbonyl (C=O) groups is 2. The molecule has 4 fully saturated rings. The minimum atomic E-state index is -0.990. The van der Waals surface area contributed by atoms with Gasteiger partial charge in [-0.3, -0.25) is 19.4 Å². The molecule has 3 saturated heterocycles. The first kappa shape index (κ1) is 55.6. The number of amides is 2. The summed E-state index contributed by atoms with van der Waals surface area (Å²) in [5, 5.41) is 50.3. The van der Waals surface area contributed by atoms with E-state index in [9.17, 15) is 19.8 Å². The average Bonchev–Trinajstić information content (AvgIpc) is 3.03. The number of hydrogen-bond donors (Lipinski definition) is 5. The second kappa shape index (κ2) is 23.4. The molecule has 1 saturated carbocycles. The maximum atomic E-state index is 16.2. The Balaban J connectivity index is 0.824. The molecule has 0 spiro atoms. The van der Waals surface area contributed by atoms with Gasteiger partial charge < -0.3 is 49.6 Å². The summed E-state index contributed by atoms with van der Waals surface area (Å²) in [4.78, 5) is 42.7. The number of nitrogens with zero attached hydrogens (tertiary/aromatic N) is 10. The molecule has 12 rings (SSSR count). The molecule has 21 nitrogen and oxygen atoms in total. The van der Waals surface area contributed by atoms with Crippen molar-refractivity contribution in [1.29, 1.82) is 0 Å². The Hall–Kier alpha value is -7.89. The van der Waals surface area contributed by atoms with Crippen molar-refractivity contribution >= 4 is 39.4 Å². The molecule has 5 N–H and O–H groups in total. The number of β-amino-alcohol motifs (C(OH)–C–C–N with tert-alkyl or cyclic N) is 1. The van der Waals surface area contributed by atoms with Crippen LogP contribution in [0.3, 0.4) is 0 Å². The number of likely N-dealkylation sites (tertiary alicyclic amines) is 1. The van der Waals surface area contributed by atoms with Crippen LogP contribution < -0.4 is 25.0 Å². The summed E-state index contributed by atoms with van der Waals surface area (Å²) < 4.78 is 44.5. The predicted octanol–water partition coefficient (Wildman–Crippen LogP) is 6.82. The van der Waals surface area contributed by atoms with Gasteiger partial charge in [-0.15, -0.1) is 5.10 Å². The zero-order valence-electron chi connectivity index (χ0n) is 47.5. The molecule has 4 aromatic carbocycles. The molecule has 1 aliphatic carbocycles. The van der Waals surface area contributed by atoms with Crippen molar-refractivity contribution in [3.63, 3.8) is 0 Å². The monoisotopic (exact) mass is 1130 g/mol. The number of halogens is 1. The molecule has 434 valence electrons. The van der Waals surface area contributed by atoms with Crippen LogP contribution in [0.1, 0.15) is 87.2 Å². The summed E-state index contributed by atoms with van der Waals surface area (Å²) in [6.07, 6.45) is 5.97. The summed E-state index contributed by atoms with van der Waals surface area (Å²) in [5.41, 5.74) is 8.66. The number of aliphatic hydroxyl groups is 2. The molecular weight excluding hydrogens is 1060 g/mol. The van der Waals surface area contributed by atoms with Crippen LogP contribution in [0.15, 0.2) is 85.3 Å². The summed E-state index contributed by atoms with van der Waals surface area (Å²) in [5.74, 6) is -0.137. The maximum Gasteiger partial charge on any atom is 0.319 e. The van der Waals surface area contributed by atoms with E-state index >= 15 is 4.39 Å². The summed E-state index contributed by atoms with van der Waals surface area (Å²) in [6, 6.07) is 18.6. The molecule has 8 aromatic rings. The number of piperazine rings is 1. The lowest BCUT2D eigenvalue weighted by atomic mass is 9.88. The van der Waals surface area contributed by atoms with Crippen LogP contribution >= 0.6 is 0 Å². The fourth-order valence-electron chi connectivity index (χ4n) is 12.0. The number of aromatic nitrogens is 9. The van der Waals surface area contributed by atoms with Gasteiger partial charge in [0.25, 0.3) is 0 Å². The van der Waals surface area contributed by atoms with Crippen LogP contribution in [0.4, 0.5) is 10.2 Å². The number of carbonyl (C=O) groups excluding carboxylic acids is 2.